The molecular formula is C30H24ClO6S. The molecule has 0 spiro atoms. The van der Waals surface area contributed by atoms with Crippen molar-refractivity contribution in [2.75, 3.05) is 6.61 Å². The number of ether oxygens (including phenoxy) is 2. The van der Waals surface area contributed by atoms with Crippen LogP contribution in [0.15, 0.2) is 72.8 Å². The fourth-order valence-electron chi connectivity index (χ4n) is 5.11. The summed E-state index contributed by atoms with van der Waals surface area (Å²) in [5, 5.41) is 9.30. The number of rotatable bonds is 8. The van der Waals surface area contributed by atoms with Gasteiger partial charge >= 0.3 is 10.1 Å². The second-order valence-electron chi connectivity index (χ2n) is 9.33. The molecule has 0 aromatic heterocycles. The highest BCUT2D eigenvalue weighted by molar-refractivity contribution is 7.87. The van der Waals surface area contributed by atoms with Gasteiger partial charge in [-0.3, -0.25) is 0 Å². The minimum Gasteiger partial charge on any atom is -0.508 e. The van der Waals surface area contributed by atoms with Crippen LogP contribution in [0.1, 0.15) is 17.5 Å². The number of phenolic OH excluding ortho intramolecular Hbond substituents is 1. The Labute approximate surface area is 227 Å². The van der Waals surface area contributed by atoms with E-state index in [9.17, 15) is 13.5 Å². The van der Waals surface area contributed by atoms with Crippen LogP contribution in [0.5, 0.6) is 17.2 Å². The highest BCUT2D eigenvalue weighted by Gasteiger charge is 2.53. The van der Waals surface area contributed by atoms with Gasteiger partial charge < -0.3 is 18.8 Å². The number of phenols is 1. The molecule has 0 amide bonds. The van der Waals surface area contributed by atoms with Gasteiger partial charge in [0.25, 0.3) is 0 Å². The molecule has 1 saturated carbocycles. The van der Waals surface area contributed by atoms with E-state index in [0.29, 0.717) is 17.4 Å². The summed E-state index contributed by atoms with van der Waals surface area (Å²) in [5.41, 5.74) is 3.41. The SMILES string of the molecule is O=S(=O)(Oc1cccc(Cl)c1)[C@H]1C[C@H]2O[C@@H]1C(c1ccc(OC[C]3[CH][CH][CH][CH]3)cc1)=C2c1ccc(O)cc1. The van der Waals surface area contributed by atoms with Crippen molar-refractivity contribution >= 4 is 32.9 Å². The largest absolute Gasteiger partial charge is 0.508 e. The first-order valence-corrected chi connectivity index (χ1v) is 14.0. The molecule has 2 heterocycles. The average Bonchev–Trinajstić information content (AvgIpc) is 3.65. The molecule has 0 unspecified atom stereocenters. The van der Waals surface area contributed by atoms with Crippen molar-refractivity contribution in [1.82, 2.24) is 0 Å². The molecule has 2 bridgehead atoms. The van der Waals surface area contributed by atoms with E-state index >= 15 is 0 Å². The van der Waals surface area contributed by atoms with Gasteiger partial charge in [0.05, 0.1) is 12.7 Å². The zero-order valence-corrected chi connectivity index (χ0v) is 21.7. The lowest BCUT2D eigenvalue weighted by molar-refractivity contribution is 0.128. The van der Waals surface area contributed by atoms with E-state index in [1.165, 1.54) is 6.07 Å². The van der Waals surface area contributed by atoms with Crippen LogP contribution in [-0.4, -0.2) is 37.6 Å². The van der Waals surface area contributed by atoms with E-state index in [1.807, 2.05) is 62.1 Å². The minimum atomic E-state index is -4.04. The van der Waals surface area contributed by atoms with E-state index in [-0.39, 0.29) is 17.9 Å². The summed E-state index contributed by atoms with van der Waals surface area (Å²) >= 11 is 6.03. The predicted molar refractivity (Wildman–Crippen MR) is 145 cm³/mol. The molecular weight excluding hydrogens is 524 g/mol. The molecule has 1 saturated heterocycles. The topological polar surface area (TPSA) is 82.1 Å². The van der Waals surface area contributed by atoms with Crippen molar-refractivity contribution in [3.8, 4) is 17.2 Å². The van der Waals surface area contributed by atoms with E-state index < -0.39 is 27.6 Å². The quantitative estimate of drug-likeness (QED) is 0.365. The Morgan fingerprint density at radius 1 is 0.895 bits per heavy atom. The van der Waals surface area contributed by atoms with E-state index in [4.69, 9.17) is 25.3 Å². The van der Waals surface area contributed by atoms with Gasteiger partial charge in [0.15, 0.2) is 0 Å². The Kier molecular flexibility index (Phi) is 6.84. The van der Waals surface area contributed by atoms with E-state index in [1.54, 1.807) is 30.3 Å². The fraction of sp³-hybridized carbons (Fsp3) is 0.167. The summed E-state index contributed by atoms with van der Waals surface area (Å²) in [5.74, 6) is 2.11. The van der Waals surface area contributed by atoms with E-state index in [0.717, 1.165) is 28.2 Å². The highest BCUT2D eigenvalue weighted by atomic mass is 35.5. The van der Waals surface area contributed by atoms with Crippen LogP contribution >= 0.6 is 11.6 Å². The van der Waals surface area contributed by atoms with E-state index in [2.05, 4.69) is 0 Å². The molecule has 2 aliphatic heterocycles. The summed E-state index contributed by atoms with van der Waals surface area (Å²) in [4.78, 5) is 0. The zero-order valence-electron chi connectivity index (χ0n) is 20.2. The molecule has 2 fully saturated rings. The molecule has 3 atom stereocenters. The van der Waals surface area contributed by atoms with Gasteiger partial charge in [-0.15, -0.1) is 0 Å². The minimum absolute atomic E-state index is 0.154. The van der Waals surface area contributed by atoms with Crippen molar-refractivity contribution in [3.63, 3.8) is 0 Å². The fourth-order valence-corrected chi connectivity index (χ4v) is 6.70. The number of fused-ring (bicyclic) bond motifs is 2. The third-order valence-electron chi connectivity index (χ3n) is 6.85. The monoisotopic (exact) mass is 547 g/mol. The third kappa shape index (κ3) is 5.03. The maximum absolute atomic E-state index is 13.4. The lowest BCUT2D eigenvalue weighted by atomic mass is 9.83. The van der Waals surface area contributed by atoms with Gasteiger partial charge in [0.1, 0.15) is 28.6 Å². The van der Waals surface area contributed by atoms with Gasteiger partial charge in [-0.25, -0.2) is 0 Å². The van der Waals surface area contributed by atoms with Gasteiger partial charge in [0, 0.05) is 23.4 Å². The summed E-state index contributed by atoms with van der Waals surface area (Å²) in [7, 11) is -4.04. The lowest BCUT2D eigenvalue weighted by Crippen LogP contribution is -2.35. The summed E-state index contributed by atoms with van der Waals surface area (Å²) < 4.78 is 44.5. The molecule has 193 valence electrons. The molecule has 3 aromatic carbocycles. The molecule has 5 radical (unpaired) electrons. The first kappa shape index (κ1) is 25.3. The highest BCUT2D eigenvalue weighted by Crippen LogP contribution is 2.51. The molecule has 1 N–H and O–H groups in total. The zero-order chi connectivity index (χ0) is 26.3. The Morgan fingerprint density at radius 2 is 1.58 bits per heavy atom. The lowest BCUT2D eigenvalue weighted by Gasteiger charge is -2.25. The van der Waals surface area contributed by atoms with Crippen LogP contribution in [0.2, 0.25) is 5.02 Å². The average molecular weight is 548 g/mol. The summed E-state index contributed by atoms with van der Waals surface area (Å²) in [6.45, 7) is 0.461. The number of aromatic hydroxyl groups is 1. The maximum atomic E-state index is 13.4. The molecule has 1 aliphatic carbocycles. The van der Waals surface area contributed by atoms with Crippen LogP contribution in [0, 0.1) is 31.6 Å². The van der Waals surface area contributed by atoms with Crippen molar-refractivity contribution in [2.24, 2.45) is 0 Å². The Hall–Kier alpha value is -3.00. The number of hydrogen-bond donors (Lipinski definition) is 1. The number of halogens is 1. The normalized spacial score (nSPS) is 23.2. The molecule has 6 rings (SSSR count). The number of hydrogen-bond acceptors (Lipinski definition) is 6. The molecule has 6 nitrogen and oxygen atoms in total. The third-order valence-corrected chi connectivity index (χ3v) is 8.69. The Balaban J connectivity index is 1.31. The van der Waals surface area contributed by atoms with Crippen molar-refractivity contribution in [1.29, 1.82) is 0 Å². The molecule has 8 heteroatoms. The number of benzene rings is 3. The van der Waals surface area contributed by atoms with Crippen molar-refractivity contribution in [2.45, 2.75) is 23.9 Å². The summed E-state index contributed by atoms with van der Waals surface area (Å²) in [6, 6.07) is 20.8. The maximum Gasteiger partial charge on any atom is 0.315 e. The predicted octanol–water partition coefficient (Wildman–Crippen LogP) is 5.69. The standard InChI is InChI=1S/C30H24ClO6S/c31-22-6-3-7-25(16-22)37-38(33,34)27-17-26-28(20-8-12-23(32)13-9-20)29(30(27)36-26)21-10-14-24(15-11-21)35-18-19-4-1-2-5-19/h1-16,26-27,30,32H,17-18H2/t26-,27+,30+/m1/s1. The molecule has 3 aliphatic rings. The van der Waals surface area contributed by atoms with Gasteiger partial charge in [0.2, 0.25) is 0 Å². The molecule has 3 aromatic rings. The summed E-state index contributed by atoms with van der Waals surface area (Å²) in [6.07, 6.45) is 7.04. The van der Waals surface area contributed by atoms with Gasteiger partial charge in [-0.1, -0.05) is 41.9 Å². The van der Waals surface area contributed by atoms with Crippen molar-refractivity contribution in [3.05, 3.63) is 121 Å². The van der Waals surface area contributed by atoms with Crippen LogP contribution in [0.25, 0.3) is 11.1 Å². The second kappa shape index (κ2) is 10.3. The smallest absolute Gasteiger partial charge is 0.315 e. The Bertz CT molecular complexity index is 1440. The van der Waals surface area contributed by atoms with Crippen molar-refractivity contribution < 1.29 is 27.2 Å². The van der Waals surface area contributed by atoms with Crippen LogP contribution in [0.4, 0.5) is 0 Å². The van der Waals surface area contributed by atoms with Crippen LogP contribution < -0.4 is 8.92 Å². The van der Waals surface area contributed by atoms with Gasteiger partial charge in [-0.2, -0.15) is 8.42 Å². The Morgan fingerprint density at radius 3 is 2.29 bits per heavy atom. The van der Waals surface area contributed by atoms with Gasteiger partial charge in [-0.05, 0) is 84.4 Å². The first-order valence-electron chi connectivity index (χ1n) is 12.2. The molecule has 38 heavy (non-hydrogen) atoms. The van der Waals surface area contributed by atoms with Crippen LogP contribution in [0.3, 0.4) is 0 Å². The first-order chi connectivity index (χ1) is 18.4. The van der Waals surface area contributed by atoms with Crippen LogP contribution in [-0.2, 0) is 14.9 Å². The second-order valence-corrected chi connectivity index (χ2v) is 11.5.